The number of rotatable bonds is 8. The Hall–Kier alpha value is -0.860. The van der Waals surface area contributed by atoms with Crippen molar-refractivity contribution in [2.45, 2.75) is 65.9 Å². The van der Waals surface area contributed by atoms with Gasteiger partial charge in [-0.15, -0.1) is 0 Å². The number of hydrogen-bond acceptors (Lipinski definition) is 3. The summed E-state index contributed by atoms with van der Waals surface area (Å²) in [6.45, 7) is 7.52. The van der Waals surface area contributed by atoms with E-state index in [2.05, 4.69) is 6.92 Å². The van der Waals surface area contributed by atoms with Crippen LogP contribution >= 0.6 is 0 Å². The summed E-state index contributed by atoms with van der Waals surface area (Å²) in [5.74, 6) is -0.983. The predicted molar refractivity (Wildman–Crippen MR) is 64.2 cm³/mol. The molecule has 0 N–H and O–H groups in total. The van der Waals surface area contributed by atoms with Gasteiger partial charge in [0.2, 0.25) is 0 Å². The Morgan fingerprint density at radius 3 is 2.25 bits per heavy atom. The molecule has 0 aliphatic carbocycles. The van der Waals surface area contributed by atoms with Gasteiger partial charge in [-0.2, -0.15) is 0 Å². The largest absolute Gasteiger partial charge is 0.462 e. The molecular weight excluding hydrogens is 204 g/mol. The van der Waals surface area contributed by atoms with Crippen LogP contribution in [0.15, 0.2) is 0 Å². The van der Waals surface area contributed by atoms with Crippen LogP contribution in [-0.4, -0.2) is 17.9 Å². The van der Waals surface area contributed by atoms with Crippen molar-refractivity contribution in [1.29, 1.82) is 0 Å². The van der Waals surface area contributed by atoms with Gasteiger partial charge >= 0.3 is 5.97 Å². The van der Waals surface area contributed by atoms with E-state index in [1.54, 1.807) is 6.92 Å². The van der Waals surface area contributed by atoms with Gasteiger partial charge in [0, 0.05) is 6.42 Å². The molecule has 0 aromatic heterocycles. The van der Waals surface area contributed by atoms with E-state index in [1.165, 1.54) is 0 Å². The smallest absolute Gasteiger partial charge is 0.316 e. The van der Waals surface area contributed by atoms with Crippen molar-refractivity contribution in [1.82, 2.24) is 0 Å². The van der Waals surface area contributed by atoms with Crippen LogP contribution in [0.4, 0.5) is 0 Å². The monoisotopic (exact) mass is 228 g/mol. The quantitative estimate of drug-likeness (QED) is 0.364. The molecule has 0 rings (SSSR count). The molecule has 3 heteroatoms. The molecule has 0 aliphatic rings. The molecule has 0 spiro atoms. The lowest BCUT2D eigenvalue weighted by Crippen LogP contribution is -2.26. The molecule has 3 nitrogen and oxygen atoms in total. The standard InChI is InChI=1S/C13H24O3/c1-5-7-8-9-12(14)11(4)13(15)16-10(3)6-2/h10-11H,5-9H2,1-4H3. The second kappa shape index (κ2) is 8.31. The highest BCUT2D eigenvalue weighted by Crippen LogP contribution is 2.10. The van der Waals surface area contributed by atoms with Crippen molar-refractivity contribution < 1.29 is 14.3 Å². The molecule has 0 bridgehead atoms. The summed E-state index contributed by atoms with van der Waals surface area (Å²) in [4.78, 5) is 23.2. The Balaban J connectivity index is 3.96. The molecule has 0 aromatic carbocycles. The first-order chi connectivity index (χ1) is 7.52. The Labute approximate surface area is 98.6 Å². The Kier molecular flexibility index (Phi) is 7.86. The number of Topliss-reactive ketones (excluding diaryl/α,β-unsaturated/α-hetero) is 1. The summed E-state index contributed by atoms with van der Waals surface area (Å²) in [6.07, 6.45) is 4.17. The first-order valence-electron chi connectivity index (χ1n) is 6.26. The van der Waals surface area contributed by atoms with E-state index in [9.17, 15) is 9.59 Å². The summed E-state index contributed by atoms with van der Waals surface area (Å²) < 4.78 is 5.13. The molecule has 0 amide bonds. The summed E-state index contributed by atoms with van der Waals surface area (Å²) in [5.41, 5.74) is 0. The van der Waals surface area contributed by atoms with E-state index in [0.717, 1.165) is 25.7 Å². The summed E-state index contributed by atoms with van der Waals surface area (Å²) in [7, 11) is 0. The van der Waals surface area contributed by atoms with Gasteiger partial charge in [0.1, 0.15) is 11.7 Å². The molecular formula is C13H24O3. The number of esters is 1. The van der Waals surface area contributed by atoms with Crippen LogP contribution in [0.25, 0.3) is 0 Å². The van der Waals surface area contributed by atoms with Gasteiger partial charge in [0.15, 0.2) is 0 Å². The number of ketones is 1. The average Bonchev–Trinajstić information content (AvgIpc) is 2.27. The molecule has 16 heavy (non-hydrogen) atoms. The van der Waals surface area contributed by atoms with E-state index < -0.39 is 5.92 Å². The Bertz CT molecular complexity index is 223. The zero-order chi connectivity index (χ0) is 12.6. The summed E-state index contributed by atoms with van der Waals surface area (Å²) in [5, 5.41) is 0. The second-order valence-corrected chi connectivity index (χ2v) is 4.30. The third-order valence-electron chi connectivity index (χ3n) is 2.76. The van der Waals surface area contributed by atoms with Crippen LogP contribution in [0.3, 0.4) is 0 Å². The minimum absolute atomic E-state index is 0.00162. The molecule has 0 aliphatic heterocycles. The lowest BCUT2D eigenvalue weighted by Gasteiger charge is -2.14. The molecule has 0 fully saturated rings. The van der Waals surface area contributed by atoms with Gasteiger partial charge in [-0.1, -0.05) is 26.7 Å². The average molecular weight is 228 g/mol. The lowest BCUT2D eigenvalue weighted by atomic mass is 10.0. The van der Waals surface area contributed by atoms with E-state index in [4.69, 9.17) is 4.74 Å². The van der Waals surface area contributed by atoms with Gasteiger partial charge in [0.05, 0.1) is 6.10 Å². The van der Waals surface area contributed by atoms with Crippen molar-refractivity contribution in [2.75, 3.05) is 0 Å². The van der Waals surface area contributed by atoms with Crippen molar-refractivity contribution >= 4 is 11.8 Å². The zero-order valence-electron chi connectivity index (χ0n) is 10.9. The zero-order valence-corrected chi connectivity index (χ0v) is 10.9. The highest BCUT2D eigenvalue weighted by Gasteiger charge is 2.23. The molecule has 0 saturated carbocycles. The van der Waals surface area contributed by atoms with E-state index >= 15 is 0 Å². The molecule has 94 valence electrons. The van der Waals surface area contributed by atoms with Crippen molar-refractivity contribution in [3.63, 3.8) is 0 Å². The Morgan fingerprint density at radius 2 is 1.75 bits per heavy atom. The maximum atomic E-state index is 11.6. The maximum absolute atomic E-state index is 11.6. The highest BCUT2D eigenvalue weighted by atomic mass is 16.5. The van der Waals surface area contributed by atoms with Crippen LogP contribution in [-0.2, 0) is 14.3 Å². The van der Waals surface area contributed by atoms with E-state index in [0.29, 0.717) is 6.42 Å². The number of ether oxygens (including phenoxy) is 1. The number of carbonyl (C=O) groups is 2. The van der Waals surface area contributed by atoms with Gasteiger partial charge in [-0.3, -0.25) is 9.59 Å². The third kappa shape index (κ3) is 5.89. The SMILES string of the molecule is CCCCCC(=O)C(C)C(=O)OC(C)CC. The number of unbranched alkanes of at least 4 members (excludes halogenated alkanes) is 2. The fraction of sp³-hybridized carbons (Fsp3) is 0.846. The van der Waals surface area contributed by atoms with Crippen LogP contribution in [0.2, 0.25) is 0 Å². The molecule has 2 unspecified atom stereocenters. The van der Waals surface area contributed by atoms with Gasteiger partial charge in [0.25, 0.3) is 0 Å². The topological polar surface area (TPSA) is 43.4 Å². The van der Waals surface area contributed by atoms with Crippen molar-refractivity contribution in [2.24, 2.45) is 5.92 Å². The van der Waals surface area contributed by atoms with Crippen LogP contribution in [0.5, 0.6) is 0 Å². The van der Waals surface area contributed by atoms with E-state index in [1.807, 2.05) is 13.8 Å². The fourth-order valence-electron chi connectivity index (χ4n) is 1.28. The second-order valence-electron chi connectivity index (χ2n) is 4.30. The van der Waals surface area contributed by atoms with Crippen LogP contribution in [0, 0.1) is 5.92 Å². The van der Waals surface area contributed by atoms with Crippen LogP contribution in [0.1, 0.15) is 59.8 Å². The van der Waals surface area contributed by atoms with Gasteiger partial charge in [-0.25, -0.2) is 0 Å². The molecule has 0 radical (unpaired) electrons. The predicted octanol–water partition coefficient (Wildman–Crippen LogP) is 3.11. The highest BCUT2D eigenvalue weighted by molar-refractivity contribution is 5.98. The normalized spacial score (nSPS) is 14.2. The van der Waals surface area contributed by atoms with E-state index in [-0.39, 0.29) is 17.9 Å². The van der Waals surface area contributed by atoms with Crippen molar-refractivity contribution in [3.05, 3.63) is 0 Å². The minimum atomic E-state index is -0.606. The summed E-state index contributed by atoms with van der Waals surface area (Å²) in [6, 6.07) is 0. The third-order valence-corrected chi connectivity index (χ3v) is 2.76. The molecule has 0 heterocycles. The maximum Gasteiger partial charge on any atom is 0.316 e. The summed E-state index contributed by atoms with van der Waals surface area (Å²) >= 11 is 0. The van der Waals surface area contributed by atoms with Crippen LogP contribution < -0.4 is 0 Å². The fourth-order valence-corrected chi connectivity index (χ4v) is 1.28. The molecule has 2 atom stereocenters. The number of hydrogen-bond donors (Lipinski definition) is 0. The minimum Gasteiger partial charge on any atom is -0.462 e. The molecule has 0 saturated heterocycles. The van der Waals surface area contributed by atoms with Gasteiger partial charge < -0.3 is 4.74 Å². The first-order valence-corrected chi connectivity index (χ1v) is 6.26. The first kappa shape index (κ1) is 15.1. The van der Waals surface area contributed by atoms with Gasteiger partial charge in [-0.05, 0) is 26.7 Å². The number of carbonyl (C=O) groups excluding carboxylic acids is 2. The van der Waals surface area contributed by atoms with Crippen molar-refractivity contribution in [3.8, 4) is 0 Å². The lowest BCUT2D eigenvalue weighted by molar-refractivity contribution is -0.155. The Morgan fingerprint density at radius 1 is 1.12 bits per heavy atom. The molecule has 0 aromatic rings.